The van der Waals surface area contributed by atoms with E-state index in [4.69, 9.17) is 10.00 Å². The zero-order valence-corrected chi connectivity index (χ0v) is 12.2. The first-order valence-corrected chi connectivity index (χ1v) is 6.68. The van der Waals surface area contributed by atoms with E-state index >= 15 is 0 Å². The average molecular weight is 282 g/mol. The molecule has 2 aromatic carbocycles. The van der Waals surface area contributed by atoms with E-state index in [1.54, 1.807) is 13.2 Å². The molecule has 0 heterocycles. The Balaban J connectivity index is 2.15. The summed E-state index contributed by atoms with van der Waals surface area (Å²) in [6.07, 6.45) is -0.656. The number of aliphatic hydroxyl groups is 1. The number of anilines is 1. The largest absolute Gasteiger partial charge is 0.497 e. The second-order valence-corrected chi connectivity index (χ2v) is 4.80. The number of benzene rings is 2. The van der Waals surface area contributed by atoms with E-state index in [0.717, 1.165) is 11.3 Å². The fourth-order valence-corrected chi connectivity index (χ4v) is 2.21. The zero-order chi connectivity index (χ0) is 15.2. The molecule has 0 saturated heterocycles. The quantitative estimate of drug-likeness (QED) is 0.916. The van der Waals surface area contributed by atoms with Crippen molar-refractivity contribution in [2.24, 2.45) is 0 Å². The SMILES string of the molecule is COc1cccc(C(O)CN(C)c2ccccc2C#N)c1. The van der Waals surface area contributed by atoms with Crippen molar-refractivity contribution in [3.05, 3.63) is 59.7 Å². The van der Waals surface area contributed by atoms with Crippen LogP contribution in [0.1, 0.15) is 17.2 Å². The minimum Gasteiger partial charge on any atom is -0.497 e. The molecule has 0 spiro atoms. The molecule has 0 aromatic heterocycles. The minimum atomic E-state index is -0.656. The first kappa shape index (κ1) is 14.9. The third-order valence-electron chi connectivity index (χ3n) is 3.36. The van der Waals surface area contributed by atoms with Crippen LogP contribution < -0.4 is 9.64 Å². The van der Waals surface area contributed by atoms with Crippen LogP contribution in [0.4, 0.5) is 5.69 Å². The Bertz CT molecular complexity index is 649. The monoisotopic (exact) mass is 282 g/mol. The maximum Gasteiger partial charge on any atom is 0.119 e. The minimum absolute atomic E-state index is 0.395. The van der Waals surface area contributed by atoms with Gasteiger partial charge in [0, 0.05) is 13.6 Å². The number of ether oxygens (including phenoxy) is 1. The number of rotatable bonds is 5. The summed E-state index contributed by atoms with van der Waals surface area (Å²) in [5.74, 6) is 0.714. The van der Waals surface area contributed by atoms with Crippen molar-refractivity contribution in [2.75, 3.05) is 25.6 Å². The molecule has 2 aromatic rings. The van der Waals surface area contributed by atoms with Gasteiger partial charge in [0.2, 0.25) is 0 Å². The van der Waals surface area contributed by atoms with Gasteiger partial charge < -0.3 is 14.7 Å². The molecule has 1 atom stereocenters. The molecule has 21 heavy (non-hydrogen) atoms. The van der Waals surface area contributed by atoms with Gasteiger partial charge in [0.15, 0.2) is 0 Å². The van der Waals surface area contributed by atoms with Gasteiger partial charge in [0.1, 0.15) is 11.8 Å². The van der Waals surface area contributed by atoms with Gasteiger partial charge in [-0.1, -0.05) is 24.3 Å². The summed E-state index contributed by atoms with van der Waals surface area (Å²) in [6.45, 7) is 0.395. The molecular formula is C17H18N2O2. The van der Waals surface area contributed by atoms with Crippen LogP contribution in [-0.4, -0.2) is 25.8 Å². The van der Waals surface area contributed by atoms with Crippen LogP contribution in [-0.2, 0) is 0 Å². The van der Waals surface area contributed by atoms with E-state index in [1.165, 1.54) is 0 Å². The van der Waals surface area contributed by atoms with Gasteiger partial charge in [0.25, 0.3) is 0 Å². The maximum absolute atomic E-state index is 10.4. The topological polar surface area (TPSA) is 56.5 Å². The van der Waals surface area contributed by atoms with Crippen molar-refractivity contribution in [1.82, 2.24) is 0 Å². The lowest BCUT2D eigenvalue weighted by Gasteiger charge is -2.24. The van der Waals surface area contributed by atoms with Gasteiger partial charge in [-0.15, -0.1) is 0 Å². The highest BCUT2D eigenvalue weighted by molar-refractivity contribution is 5.58. The van der Waals surface area contributed by atoms with Crippen LogP contribution in [0.15, 0.2) is 48.5 Å². The van der Waals surface area contributed by atoms with E-state index in [2.05, 4.69) is 6.07 Å². The Labute approximate surface area is 124 Å². The van der Waals surface area contributed by atoms with Crippen LogP contribution in [0, 0.1) is 11.3 Å². The van der Waals surface area contributed by atoms with E-state index < -0.39 is 6.10 Å². The third-order valence-corrected chi connectivity index (χ3v) is 3.36. The number of nitriles is 1. The summed E-state index contributed by atoms with van der Waals surface area (Å²) in [4.78, 5) is 1.88. The summed E-state index contributed by atoms with van der Waals surface area (Å²) in [5.41, 5.74) is 2.19. The molecular weight excluding hydrogens is 264 g/mol. The Kier molecular flexibility index (Phi) is 4.81. The third kappa shape index (κ3) is 3.53. The maximum atomic E-state index is 10.4. The molecule has 0 aliphatic carbocycles. The second-order valence-electron chi connectivity index (χ2n) is 4.80. The first-order chi connectivity index (χ1) is 10.2. The Morgan fingerprint density at radius 1 is 1.24 bits per heavy atom. The molecule has 0 fully saturated rings. The van der Waals surface area contributed by atoms with Crippen LogP contribution in [0.2, 0.25) is 0 Å². The van der Waals surface area contributed by atoms with Crippen molar-refractivity contribution < 1.29 is 9.84 Å². The van der Waals surface area contributed by atoms with Crippen molar-refractivity contribution in [1.29, 1.82) is 5.26 Å². The van der Waals surface area contributed by atoms with Crippen LogP contribution in [0.3, 0.4) is 0 Å². The number of hydrogen-bond donors (Lipinski definition) is 1. The van der Waals surface area contributed by atoms with Crippen LogP contribution in [0.5, 0.6) is 5.75 Å². The zero-order valence-electron chi connectivity index (χ0n) is 12.2. The molecule has 0 radical (unpaired) electrons. The fourth-order valence-electron chi connectivity index (χ4n) is 2.21. The molecule has 4 heteroatoms. The summed E-state index contributed by atoms with van der Waals surface area (Å²) >= 11 is 0. The highest BCUT2D eigenvalue weighted by atomic mass is 16.5. The summed E-state index contributed by atoms with van der Waals surface area (Å²) in [7, 11) is 3.46. The molecule has 0 saturated carbocycles. The normalized spacial score (nSPS) is 11.5. The number of methoxy groups -OCH3 is 1. The smallest absolute Gasteiger partial charge is 0.119 e. The van der Waals surface area contributed by atoms with Gasteiger partial charge in [-0.2, -0.15) is 5.26 Å². The lowest BCUT2D eigenvalue weighted by molar-refractivity contribution is 0.184. The molecule has 1 N–H and O–H groups in total. The number of aliphatic hydroxyl groups excluding tert-OH is 1. The van der Waals surface area contributed by atoms with Gasteiger partial charge in [-0.3, -0.25) is 0 Å². The Morgan fingerprint density at radius 3 is 2.71 bits per heavy atom. The lowest BCUT2D eigenvalue weighted by Crippen LogP contribution is -2.24. The van der Waals surface area contributed by atoms with Crippen molar-refractivity contribution >= 4 is 5.69 Å². The highest BCUT2D eigenvalue weighted by Gasteiger charge is 2.14. The molecule has 108 valence electrons. The fraction of sp³-hybridized carbons (Fsp3) is 0.235. The van der Waals surface area contributed by atoms with Gasteiger partial charge in [-0.25, -0.2) is 0 Å². The number of nitrogens with zero attached hydrogens (tertiary/aromatic N) is 2. The Morgan fingerprint density at radius 2 is 2.00 bits per heavy atom. The number of likely N-dealkylation sites (N-methyl/N-ethyl adjacent to an activating group) is 1. The van der Waals surface area contributed by atoms with Crippen LogP contribution in [0.25, 0.3) is 0 Å². The standard InChI is InChI=1S/C17H18N2O2/c1-19(16-9-4-3-6-14(16)11-18)12-17(20)13-7-5-8-15(10-13)21-2/h3-10,17,20H,12H2,1-2H3. The molecule has 4 nitrogen and oxygen atoms in total. The van der Waals surface area contributed by atoms with Gasteiger partial charge in [-0.05, 0) is 29.8 Å². The molecule has 0 bridgehead atoms. The second kappa shape index (κ2) is 6.78. The molecule has 2 rings (SSSR count). The van der Waals surface area contributed by atoms with Gasteiger partial charge in [0.05, 0.1) is 24.5 Å². The summed E-state index contributed by atoms with van der Waals surface area (Å²) < 4.78 is 5.16. The van der Waals surface area contributed by atoms with Crippen molar-refractivity contribution in [2.45, 2.75) is 6.10 Å². The van der Waals surface area contributed by atoms with E-state index in [-0.39, 0.29) is 0 Å². The molecule has 0 aliphatic rings. The number of hydrogen-bond acceptors (Lipinski definition) is 4. The molecule has 0 aliphatic heterocycles. The van der Waals surface area contributed by atoms with Crippen molar-refractivity contribution in [3.63, 3.8) is 0 Å². The average Bonchev–Trinajstić information content (AvgIpc) is 2.54. The van der Waals surface area contributed by atoms with Crippen LogP contribution >= 0.6 is 0 Å². The van der Waals surface area contributed by atoms with E-state index in [0.29, 0.717) is 17.9 Å². The summed E-state index contributed by atoms with van der Waals surface area (Å²) in [5, 5.41) is 19.5. The predicted octanol–water partition coefficient (Wildman–Crippen LogP) is 2.74. The number of para-hydroxylation sites is 1. The highest BCUT2D eigenvalue weighted by Crippen LogP contribution is 2.23. The Hall–Kier alpha value is -2.51. The molecule has 0 amide bonds. The summed E-state index contributed by atoms with van der Waals surface area (Å²) in [6, 6.07) is 16.9. The first-order valence-electron chi connectivity index (χ1n) is 6.68. The predicted molar refractivity (Wildman–Crippen MR) is 82.4 cm³/mol. The van der Waals surface area contributed by atoms with E-state index in [1.807, 2.05) is 54.4 Å². The lowest BCUT2D eigenvalue weighted by atomic mass is 10.1. The van der Waals surface area contributed by atoms with E-state index in [9.17, 15) is 5.11 Å². The van der Waals surface area contributed by atoms with Crippen molar-refractivity contribution in [3.8, 4) is 11.8 Å². The van der Waals surface area contributed by atoms with Gasteiger partial charge >= 0.3 is 0 Å². The molecule has 1 unspecified atom stereocenters.